The summed E-state index contributed by atoms with van der Waals surface area (Å²) in [5, 5.41) is 0. The van der Waals surface area contributed by atoms with E-state index in [1.54, 1.807) is 0 Å². The summed E-state index contributed by atoms with van der Waals surface area (Å²) in [6.45, 7) is 2.16. The smallest absolute Gasteiger partial charge is 0.418 e. The van der Waals surface area contributed by atoms with Gasteiger partial charge in [-0.05, 0) is 0 Å². The number of aryl methyl sites for hydroxylation is 2. The van der Waals surface area contributed by atoms with Gasteiger partial charge in [-0.2, -0.15) is 0 Å². The molecule has 0 fully saturated rings. The molecule has 0 saturated heterocycles. The molecule has 1 heterocycles. The molecule has 0 amide bonds. The lowest BCUT2D eigenvalue weighted by atomic mass is 10.3. The summed E-state index contributed by atoms with van der Waals surface area (Å²) in [7, 11) is -1.86. The quantitative estimate of drug-likeness (QED) is 0.380. The van der Waals surface area contributed by atoms with E-state index in [0.29, 0.717) is 0 Å². The van der Waals surface area contributed by atoms with Gasteiger partial charge in [0.1, 0.15) is 12.4 Å². The molecule has 0 aliphatic heterocycles. The molecule has 0 bridgehead atoms. The fourth-order valence-corrected chi connectivity index (χ4v) is 1.12. The third-order valence-corrected chi connectivity index (χ3v) is 1.64. The molecule has 0 saturated carbocycles. The lowest BCUT2D eigenvalue weighted by molar-refractivity contribution is -0.678. The van der Waals surface area contributed by atoms with Crippen molar-refractivity contribution in [2.24, 2.45) is 14.1 Å². The minimum absolute atomic E-state index is 1.10. The summed E-state index contributed by atoms with van der Waals surface area (Å²) in [6.07, 6.45) is 5.23. The number of imidazole rings is 1. The third kappa shape index (κ3) is 5.61. The second kappa shape index (κ2) is 5.02. The molecule has 0 aliphatic rings. The summed E-state index contributed by atoms with van der Waals surface area (Å²) in [4.78, 5) is 0. The van der Waals surface area contributed by atoms with Crippen LogP contribution in [0.5, 0.6) is 0 Å². The minimum atomic E-state index is -6.00. The van der Waals surface area contributed by atoms with Crippen molar-refractivity contribution in [1.82, 2.24) is 4.57 Å². The lowest BCUT2D eigenvalue weighted by Crippen LogP contribution is -2.31. The second-order valence-corrected chi connectivity index (χ2v) is 2.78. The van der Waals surface area contributed by atoms with Gasteiger partial charge in [0.15, 0.2) is 0 Å². The van der Waals surface area contributed by atoms with Crippen LogP contribution in [0.3, 0.4) is 0 Å². The van der Waals surface area contributed by atoms with Gasteiger partial charge in [-0.3, -0.25) is 0 Å². The Hall–Kier alpha value is -1.01. The molecule has 1 aromatic heterocycles. The Morgan fingerprint density at radius 1 is 1.36 bits per heavy atom. The summed E-state index contributed by atoms with van der Waals surface area (Å²) >= 11 is 0. The zero-order chi connectivity index (χ0) is 11.4. The fourth-order valence-electron chi connectivity index (χ4n) is 1.12. The molecule has 0 unspecified atom stereocenters. The van der Waals surface area contributed by atoms with Gasteiger partial charge in [0.25, 0.3) is 5.82 Å². The summed E-state index contributed by atoms with van der Waals surface area (Å²) in [5.41, 5.74) is 0. The van der Waals surface area contributed by atoms with Crippen molar-refractivity contribution < 1.29 is 21.8 Å². The summed E-state index contributed by atoms with van der Waals surface area (Å²) in [6, 6.07) is 0. The van der Waals surface area contributed by atoms with E-state index < -0.39 is 7.25 Å². The molecule has 0 radical (unpaired) electrons. The van der Waals surface area contributed by atoms with Crippen LogP contribution < -0.4 is 4.57 Å². The predicted molar refractivity (Wildman–Crippen MR) is 46.2 cm³/mol. The van der Waals surface area contributed by atoms with Gasteiger partial charge in [-0.1, -0.05) is 6.92 Å². The zero-order valence-electron chi connectivity index (χ0n) is 8.35. The number of hydrogen-bond acceptors (Lipinski definition) is 0. The number of hydrogen-bond donors (Lipinski definition) is 0. The molecule has 7 heteroatoms. The Balaban J connectivity index is 0.000000292. The van der Waals surface area contributed by atoms with E-state index in [4.69, 9.17) is 0 Å². The first-order valence-corrected chi connectivity index (χ1v) is 4.12. The maximum Gasteiger partial charge on any atom is 0.673 e. The van der Waals surface area contributed by atoms with Gasteiger partial charge in [0.05, 0.1) is 14.1 Å². The molecule has 2 nitrogen and oxygen atoms in total. The van der Waals surface area contributed by atoms with Crippen LogP contribution in [-0.4, -0.2) is 11.8 Å². The number of rotatable bonds is 1. The first-order valence-electron chi connectivity index (χ1n) is 4.12. The van der Waals surface area contributed by atoms with E-state index in [1.807, 2.05) is 0 Å². The van der Waals surface area contributed by atoms with Gasteiger partial charge in [0.2, 0.25) is 0 Å². The first-order chi connectivity index (χ1) is 6.25. The molecule has 0 aromatic carbocycles. The monoisotopic (exact) mass is 212 g/mol. The maximum absolute atomic E-state index is 9.75. The van der Waals surface area contributed by atoms with Crippen molar-refractivity contribution in [3.8, 4) is 0 Å². The summed E-state index contributed by atoms with van der Waals surface area (Å²) < 4.78 is 43.3. The second-order valence-electron chi connectivity index (χ2n) is 2.78. The molecule has 1 aromatic rings. The van der Waals surface area contributed by atoms with Gasteiger partial charge in [0, 0.05) is 6.42 Å². The number of aromatic nitrogens is 2. The normalized spacial score (nSPS) is 10.8. The number of halogens is 4. The van der Waals surface area contributed by atoms with Gasteiger partial charge >= 0.3 is 7.25 Å². The Labute approximate surface area is 80.3 Å². The molecule has 0 spiro atoms. The largest absolute Gasteiger partial charge is 0.673 e. The van der Waals surface area contributed by atoms with Gasteiger partial charge in [-0.15, -0.1) is 0 Å². The summed E-state index contributed by atoms with van der Waals surface area (Å²) in [5.74, 6) is 1.36. The predicted octanol–water partition coefficient (Wildman–Crippen LogP) is 1.71. The molecule has 82 valence electrons. The highest BCUT2D eigenvalue weighted by atomic mass is 19.5. The van der Waals surface area contributed by atoms with Crippen molar-refractivity contribution >= 4 is 7.25 Å². The van der Waals surface area contributed by atoms with Gasteiger partial charge in [-0.25, -0.2) is 9.13 Å². The molecular formula is C7H13BF4N2. The molecule has 1 rings (SSSR count). The van der Waals surface area contributed by atoms with Gasteiger partial charge < -0.3 is 17.3 Å². The highest BCUT2D eigenvalue weighted by Gasteiger charge is 2.20. The van der Waals surface area contributed by atoms with Crippen LogP contribution >= 0.6 is 0 Å². The van der Waals surface area contributed by atoms with E-state index in [1.165, 1.54) is 5.82 Å². The van der Waals surface area contributed by atoms with E-state index in [0.717, 1.165) is 6.42 Å². The first kappa shape index (κ1) is 13.0. The molecule has 0 aliphatic carbocycles. The molecule has 0 atom stereocenters. The van der Waals surface area contributed by atoms with Crippen LogP contribution in [0.4, 0.5) is 17.3 Å². The molecular weight excluding hydrogens is 199 g/mol. The highest BCUT2D eigenvalue weighted by molar-refractivity contribution is 6.50. The van der Waals surface area contributed by atoms with E-state index >= 15 is 0 Å². The average Bonchev–Trinajstić information content (AvgIpc) is 2.27. The number of nitrogens with zero attached hydrogens (tertiary/aromatic N) is 2. The van der Waals surface area contributed by atoms with Crippen LogP contribution in [0, 0.1) is 0 Å². The third-order valence-electron chi connectivity index (χ3n) is 1.64. The Kier molecular flexibility index (Phi) is 4.66. The lowest BCUT2D eigenvalue weighted by Gasteiger charge is -1.94. The zero-order valence-corrected chi connectivity index (χ0v) is 8.35. The SMILES string of the molecule is CCc1n(C)cc[n+]1C.F[B-](F)(F)F. The molecule has 0 N–H and O–H groups in total. The molecule has 14 heavy (non-hydrogen) atoms. The van der Waals surface area contributed by atoms with Crippen LogP contribution in [0.25, 0.3) is 0 Å². The van der Waals surface area contributed by atoms with Crippen molar-refractivity contribution in [2.45, 2.75) is 13.3 Å². The van der Waals surface area contributed by atoms with E-state index in [-0.39, 0.29) is 0 Å². The Bertz CT molecular complexity index is 256. The topological polar surface area (TPSA) is 8.81 Å². The Morgan fingerprint density at radius 3 is 1.93 bits per heavy atom. The standard InChI is InChI=1S/C7H13N2.BF4/c1-4-7-8(2)5-6-9(7)3;2-1(3,4)5/h5-6H,4H2,1-3H3;/q+1;-1. The Morgan fingerprint density at radius 2 is 1.79 bits per heavy atom. The average molecular weight is 212 g/mol. The van der Waals surface area contributed by atoms with Crippen LogP contribution in [0.15, 0.2) is 12.4 Å². The van der Waals surface area contributed by atoms with Crippen LogP contribution in [-0.2, 0) is 20.5 Å². The fraction of sp³-hybridized carbons (Fsp3) is 0.571. The minimum Gasteiger partial charge on any atom is -0.418 e. The van der Waals surface area contributed by atoms with Crippen molar-refractivity contribution in [2.75, 3.05) is 0 Å². The van der Waals surface area contributed by atoms with Crippen LogP contribution in [0.1, 0.15) is 12.7 Å². The van der Waals surface area contributed by atoms with E-state index in [2.05, 4.69) is 42.5 Å². The van der Waals surface area contributed by atoms with E-state index in [9.17, 15) is 17.3 Å². The van der Waals surface area contributed by atoms with Crippen molar-refractivity contribution in [3.05, 3.63) is 18.2 Å². The highest BCUT2D eigenvalue weighted by Crippen LogP contribution is 2.06. The van der Waals surface area contributed by atoms with Crippen molar-refractivity contribution in [1.29, 1.82) is 0 Å². The maximum atomic E-state index is 9.75. The van der Waals surface area contributed by atoms with Crippen LogP contribution in [0.2, 0.25) is 0 Å². The van der Waals surface area contributed by atoms with Crippen molar-refractivity contribution in [3.63, 3.8) is 0 Å².